The Hall–Kier alpha value is -1.92. The molecular weight excluding hydrogens is 935 g/mol. The van der Waals surface area contributed by atoms with Gasteiger partial charge in [-0.15, -0.1) is 0 Å². The zero-order chi connectivity index (χ0) is 55.0. The van der Waals surface area contributed by atoms with Gasteiger partial charge in [-0.25, -0.2) is 0 Å². The van der Waals surface area contributed by atoms with Crippen LogP contribution < -0.4 is 5.32 Å². The molecule has 0 aromatic rings. The van der Waals surface area contributed by atoms with Crippen LogP contribution in [0.4, 0.5) is 0 Å². The van der Waals surface area contributed by atoms with Crippen molar-refractivity contribution in [3.05, 3.63) is 36.5 Å². The molecule has 0 spiro atoms. The highest BCUT2D eigenvalue weighted by Crippen LogP contribution is 2.18. The molecule has 0 aliphatic rings. The lowest BCUT2D eigenvalue weighted by Crippen LogP contribution is -2.45. The number of allylic oxidation sites excluding steroid dienone is 6. The van der Waals surface area contributed by atoms with Crippen molar-refractivity contribution in [1.29, 1.82) is 0 Å². The minimum Gasteiger partial charge on any atom is -0.466 e. The quantitative estimate of drug-likeness (QED) is 0.0320. The summed E-state index contributed by atoms with van der Waals surface area (Å²) < 4.78 is 5.50. The van der Waals surface area contributed by atoms with Crippen LogP contribution in [0.3, 0.4) is 0 Å². The van der Waals surface area contributed by atoms with Crippen molar-refractivity contribution in [2.75, 3.05) is 13.2 Å². The van der Waals surface area contributed by atoms with Crippen LogP contribution in [0.2, 0.25) is 0 Å². The van der Waals surface area contributed by atoms with Crippen LogP contribution in [0.5, 0.6) is 0 Å². The number of nitrogens with one attached hydrogen (secondary N) is 1. The lowest BCUT2D eigenvalue weighted by Gasteiger charge is -2.22. The maximum Gasteiger partial charge on any atom is 0.305 e. The number of carbonyl (C=O) groups excluding carboxylic acids is 2. The van der Waals surface area contributed by atoms with E-state index in [2.05, 4.69) is 55.6 Å². The van der Waals surface area contributed by atoms with E-state index in [1.54, 1.807) is 0 Å². The van der Waals surface area contributed by atoms with E-state index in [1.165, 1.54) is 289 Å². The van der Waals surface area contributed by atoms with Gasteiger partial charge in [0.1, 0.15) is 0 Å². The van der Waals surface area contributed by atoms with Crippen molar-refractivity contribution < 1.29 is 24.5 Å². The van der Waals surface area contributed by atoms with E-state index in [0.717, 1.165) is 51.4 Å². The summed E-state index contributed by atoms with van der Waals surface area (Å²) in [5, 5.41) is 23.4. The maximum absolute atomic E-state index is 12.5. The van der Waals surface area contributed by atoms with E-state index in [4.69, 9.17) is 4.74 Å². The van der Waals surface area contributed by atoms with Crippen LogP contribution >= 0.6 is 0 Å². The Labute approximate surface area is 474 Å². The first-order valence-electron chi connectivity index (χ1n) is 34.2. The molecule has 0 rings (SSSR count). The highest BCUT2D eigenvalue weighted by Gasteiger charge is 2.20. The third-order valence-electron chi connectivity index (χ3n) is 15.9. The smallest absolute Gasteiger partial charge is 0.305 e. The molecular formula is C70H133NO5. The summed E-state index contributed by atoms with van der Waals surface area (Å²) in [6, 6.07) is -0.547. The summed E-state index contributed by atoms with van der Waals surface area (Å²) in [5.74, 6) is -0.0338. The second-order valence-corrected chi connectivity index (χ2v) is 23.5. The first-order valence-corrected chi connectivity index (χ1v) is 34.2. The van der Waals surface area contributed by atoms with Gasteiger partial charge in [-0.2, -0.15) is 0 Å². The average molecular weight is 1070 g/mol. The zero-order valence-corrected chi connectivity index (χ0v) is 51.3. The minimum atomic E-state index is -0.669. The van der Waals surface area contributed by atoms with Gasteiger partial charge in [-0.05, 0) is 83.5 Å². The van der Waals surface area contributed by atoms with Gasteiger partial charge in [-0.3, -0.25) is 9.59 Å². The standard InChI is InChI=1S/C70H133NO5/c1-3-5-7-9-11-13-15-17-19-21-30-34-38-42-46-50-54-58-62-68(73)67(66-72)71-69(74)63-59-55-51-47-43-39-35-31-28-26-24-23-25-27-29-33-37-41-45-49-53-57-61-65-76-70(75)64-60-56-52-48-44-40-36-32-22-20-18-16-14-12-10-8-6-4-2/h14,16,20,22,26,28,67-68,72-73H,3-13,15,17-19,21,23-25,27,29-66H2,1-2H3,(H,71,74)/b16-14-,22-20-,28-26-. The minimum absolute atomic E-state index is 0.00467. The molecule has 76 heavy (non-hydrogen) atoms. The molecule has 6 nitrogen and oxygen atoms in total. The summed E-state index contributed by atoms with van der Waals surface area (Å²) in [5.41, 5.74) is 0. The Morgan fingerprint density at radius 3 is 1.03 bits per heavy atom. The number of hydrogen-bond donors (Lipinski definition) is 3. The molecule has 0 heterocycles. The molecule has 0 saturated heterocycles. The number of hydrogen-bond acceptors (Lipinski definition) is 5. The molecule has 2 atom stereocenters. The van der Waals surface area contributed by atoms with Crippen molar-refractivity contribution in [3.8, 4) is 0 Å². The fourth-order valence-electron chi connectivity index (χ4n) is 10.7. The van der Waals surface area contributed by atoms with Gasteiger partial charge >= 0.3 is 5.97 Å². The largest absolute Gasteiger partial charge is 0.466 e. The van der Waals surface area contributed by atoms with Crippen LogP contribution in [0.15, 0.2) is 36.5 Å². The number of unbranched alkanes of at least 4 members (excludes halogenated alkanes) is 47. The van der Waals surface area contributed by atoms with E-state index < -0.39 is 12.1 Å². The second-order valence-electron chi connectivity index (χ2n) is 23.5. The Morgan fingerprint density at radius 2 is 0.658 bits per heavy atom. The molecule has 448 valence electrons. The van der Waals surface area contributed by atoms with Crippen LogP contribution in [0.25, 0.3) is 0 Å². The molecule has 0 aromatic carbocycles. The predicted molar refractivity (Wildman–Crippen MR) is 333 cm³/mol. The maximum atomic E-state index is 12.5. The number of ether oxygens (including phenoxy) is 1. The lowest BCUT2D eigenvalue weighted by atomic mass is 10.0. The van der Waals surface area contributed by atoms with Crippen molar-refractivity contribution in [1.82, 2.24) is 5.32 Å². The Morgan fingerprint density at radius 1 is 0.368 bits per heavy atom. The molecule has 0 fully saturated rings. The summed E-state index contributed by atoms with van der Waals surface area (Å²) >= 11 is 0. The molecule has 0 aliphatic heterocycles. The Kier molecular flexibility index (Phi) is 63.9. The normalized spacial score (nSPS) is 12.7. The fourth-order valence-corrected chi connectivity index (χ4v) is 10.7. The fraction of sp³-hybridized carbons (Fsp3) is 0.886. The summed E-state index contributed by atoms with van der Waals surface area (Å²) in [4.78, 5) is 24.6. The molecule has 0 radical (unpaired) electrons. The van der Waals surface area contributed by atoms with Crippen molar-refractivity contribution >= 4 is 11.9 Å². The summed E-state index contributed by atoms with van der Waals surface area (Å²) in [6.45, 7) is 4.96. The van der Waals surface area contributed by atoms with E-state index in [1.807, 2.05) is 0 Å². The zero-order valence-electron chi connectivity index (χ0n) is 51.3. The number of aliphatic hydroxyl groups excluding tert-OH is 2. The van der Waals surface area contributed by atoms with Gasteiger partial charge in [-0.1, -0.05) is 314 Å². The monoisotopic (exact) mass is 1070 g/mol. The molecule has 0 bridgehead atoms. The van der Waals surface area contributed by atoms with E-state index in [9.17, 15) is 19.8 Å². The summed E-state index contributed by atoms with van der Waals surface area (Å²) in [7, 11) is 0. The van der Waals surface area contributed by atoms with Crippen molar-refractivity contribution in [3.63, 3.8) is 0 Å². The summed E-state index contributed by atoms with van der Waals surface area (Å²) in [6.07, 6.45) is 83.1. The Balaban J connectivity index is 3.41. The first-order chi connectivity index (χ1) is 37.5. The first kappa shape index (κ1) is 74.1. The number of aliphatic hydroxyl groups is 2. The molecule has 2 unspecified atom stereocenters. The van der Waals surface area contributed by atoms with Gasteiger partial charge in [0.15, 0.2) is 0 Å². The number of rotatable bonds is 64. The third kappa shape index (κ3) is 61.3. The molecule has 1 amide bonds. The van der Waals surface area contributed by atoms with Gasteiger partial charge in [0, 0.05) is 12.8 Å². The van der Waals surface area contributed by atoms with Crippen LogP contribution in [-0.4, -0.2) is 47.4 Å². The van der Waals surface area contributed by atoms with Crippen LogP contribution in [0.1, 0.15) is 373 Å². The molecule has 3 N–H and O–H groups in total. The van der Waals surface area contributed by atoms with Gasteiger partial charge in [0.25, 0.3) is 0 Å². The molecule has 0 aromatic heterocycles. The highest BCUT2D eigenvalue weighted by molar-refractivity contribution is 5.76. The van der Waals surface area contributed by atoms with Gasteiger partial charge in [0.2, 0.25) is 5.91 Å². The van der Waals surface area contributed by atoms with Gasteiger partial charge < -0.3 is 20.3 Å². The SMILES string of the molecule is CCCCCC/C=C\C/C=C\CCCCCCCCCC(=O)OCCCCCCCCCCCCCC/C=C\CCCCCCCCCC(=O)NC(CO)C(O)CCCCCCCCCCCCCCCCCCCC. The third-order valence-corrected chi connectivity index (χ3v) is 15.9. The molecule has 6 heteroatoms. The number of amides is 1. The lowest BCUT2D eigenvalue weighted by molar-refractivity contribution is -0.143. The Bertz CT molecular complexity index is 1230. The van der Waals surface area contributed by atoms with E-state index in [0.29, 0.717) is 25.9 Å². The van der Waals surface area contributed by atoms with Gasteiger partial charge in [0.05, 0.1) is 25.4 Å². The van der Waals surface area contributed by atoms with Crippen molar-refractivity contribution in [2.24, 2.45) is 0 Å². The van der Waals surface area contributed by atoms with E-state index >= 15 is 0 Å². The van der Waals surface area contributed by atoms with Crippen LogP contribution in [0, 0.1) is 0 Å². The predicted octanol–water partition coefficient (Wildman–Crippen LogP) is 21.9. The number of carbonyl (C=O) groups is 2. The number of esters is 1. The highest BCUT2D eigenvalue weighted by atomic mass is 16.5. The second kappa shape index (κ2) is 65.6. The van der Waals surface area contributed by atoms with Crippen molar-refractivity contribution in [2.45, 2.75) is 386 Å². The topological polar surface area (TPSA) is 95.9 Å². The van der Waals surface area contributed by atoms with Crippen LogP contribution in [-0.2, 0) is 14.3 Å². The molecule has 0 aliphatic carbocycles. The molecule has 0 saturated carbocycles. The average Bonchev–Trinajstić information content (AvgIpc) is 3.42. The van der Waals surface area contributed by atoms with E-state index in [-0.39, 0.29) is 18.5 Å².